The van der Waals surface area contributed by atoms with Crippen molar-refractivity contribution in [2.75, 3.05) is 4.90 Å². The van der Waals surface area contributed by atoms with Gasteiger partial charge in [-0.3, -0.25) is 4.98 Å². The van der Waals surface area contributed by atoms with Gasteiger partial charge in [-0.2, -0.15) is 5.26 Å². The molecule has 34 heavy (non-hydrogen) atoms. The summed E-state index contributed by atoms with van der Waals surface area (Å²) < 4.78 is 0. The summed E-state index contributed by atoms with van der Waals surface area (Å²) in [6.45, 7) is 0. The van der Waals surface area contributed by atoms with Crippen molar-refractivity contribution in [3.8, 4) is 28.5 Å². The number of nitriles is 1. The van der Waals surface area contributed by atoms with Gasteiger partial charge in [0.15, 0.2) is 0 Å². The molecule has 0 atom stereocenters. The molecular formula is C30H19N3S. The van der Waals surface area contributed by atoms with Crippen LogP contribution >= 0.6 is 11.8 Å². The van der Waals surface area contributed by atoms with Crippen molar-refractivity contribution < 1.29 is 0 Å². The number of hydrogen-bond donors (Lipinski definition) is 0. The van der Waals surface area contributed by atoms with Gasteiger partial charge in [-0.25, -0.2) is 0 Å². The highest BCUT2D eigenvalue weighted by molar-refractivity contribution is 7.99. The number of rotatable bonds is 3. The van der Waals surface area contributed by atoms with Crippen LogP contribution in [0, 0.1) is 11.3 Å². The van der Waals surface area contributed by atoms with Crippen LogP contribution in [0.1, 0.15) is 5.56 Å². The summed E-state index contributed by atoms with van der Waals surface area (Å²) in [6, 6.07) is 40.0. The van der Waals surface area contributed by atoms with Crippen molar-refractivity contribution in [3.05, 3.63) is 121 Å². The number of hydrogen-bond acceptors (Lipinski definition) is 4. The minimum Gasteiger partial charge on any atom is -0.308 e. The summed E-state index contributed by atoms with van der Waals surface area (Å²) in [4.78, 5) is 9.29. The van der Waals surface area contributed by atoms with Gasteiger partial charge in [-0.1, -0.05) is 78.5 Å². The van der Waals surface area contributed by atoms with E-state index < -0.39 is 0 Å². The zero-order chi connectivity index (χ0) is 22.9. The molecule has 3 nitrogen and oxygen atoms in total. The number of fused-ring (bicyclic) bond motifs is 2. The highest BCUT2D eigenvalue weighted by Gasteiger charge is 2.25. The third-order valence-electron chi connectivity index (χ3n) is 5.96. The molecule has 1 aliphatic rings. The largest absolute Gasteiger partial charge is 0.308 e. The zero-order valence-electron chi connectivity index (χ0n) is 18.2. The van der Waals surface area contributed by atoms with Crippen LogP contribution in [0.4, 0.5) is 17.1 Å². The van der Waals surface area contributed by atoms with E-state index in [0.717, 1.165) is 22.5 Å². The van der Waals surface area contributed by atoms with Crippen LogP contribution < -0.4 is 4.90 Å². The van der Waals surface area contributed by atoms with E-state index in [-0.39, 0.29) is 0 Å². The van der Waals surface area contributed by atoms with Crippen LogP contribution in [0.3, 0.4) is 0 Å². The molecule has 1 aliphatic heterocycles. The number of pyridine rings is 1. The van der Waals surface area contributed by atoms with E-state index in [1.165, 1.54) is 26.7 Å². The van der Waals surface area contributed by atoms with Crippen molar-refractivity contribution in [1.29, 1.82) is 5.26 Å². The minimum absolute atomic E-state index is 0.564. The Bertz CT molecular complexity index is 1490. The van der Waals surface area contributed by atoms with Gasteiger partial charge in [0.05, 0.1) is 28.3 Å². The van der Waals surface area contributed by atoms with Gasteiger partial charge in [-0.15, -0.1) is 0 Å². The van der Waals surface area contributed by atoms with Crippen LogP contribution in [0.25, 0.3) is 22.4 Å². The standard InChI is InChI=1S/C30H19N3S/c31-19-21-13-18-25(32-20-21)23-16-14-22(15-17-23)24-7-1-2-8-26(24)33-27-9-3-5-11-29(27)34-30-12-6-4-10-28(30)33/h1-18,20H. The molecule has 6 rings (SSSR count). The molecule has 4 aromatic carbocycles. The topological polar surface area (TPSA) is 39.9 Å². The SMILES string of the molecule is N#Cc1ccc(-c2ccc(-c3ccccc3N3c4ccccc4Sc4ccccc43)cc2)nc1. The summed E-state index contributed by atoms with van der Waals surface area (Å²) >= 11 is 1.82. The Labute approximate surface area is 203 Å². The summed E-state index contributed by atoms with van der Waals surface area (Å²) in [6.07, 6.45) is 1.61. The van der Waals surface area contributed by atoms with E-state index in [1.54, 1.807) is 12.3 Å². The molecule has 4 heteroatoms. The average Bonchev–Trinajstić information content (AvgIpc) is 2.92. The second kappa shape index (κ2) is 8.55. The third kappa shape index (κ3) is 3.53. The van der Waals surface area contributed by atoms with Crippen LogP contribution in [-0.2, 0) is 0 Å². The maximum absolute atomic E-state index is 9.02. The van der Waals surface area contributed by atoms with Gasteiger partial charge < -0.3 is 4.90 Å². The van der Waals surface area contributed by atoms with E-state index in [0.29, 0.717) is 5.56 Å². The fourth-order valence-corrected chi connectivity index (χ4v) is 5.39. The molecule has 0 radical (unpaired) electrons. The Kier molecular flexibility index (Phi) is 5.10. The number of aromatic nitrogens is 1. The molecule has 160 valence electrons. The van der Waals surface area contributed by atoms with Crippen molar-refractivity contribution >= 4 is 28.8 Å². The maximum Gasteiger partial charge on any atom is 0.101 e. The lowest BCUT2D eigenvalue weighted by molar-refractivity contribution is 1.17. The van der Waals surface area contributed by atoms with E-state index in [9.17, 15) is 0 Å². The Morgan fingerprint density at radius 3 is 1.82 bits per heavy atom. The monoisotopic (exact) mass is 453 g/mol. The summed E-state index contributed by atoms with van der Waals surface area (Å²) in [7, 11) is 0. The molecule has 0 spiro atoms. The summed E-state index contributed by atoms with van der Waals surface area (Å²) in [5.41, 5.74) is 8.28. The normalized spacial score (nSPS) is 11.9. The molecule has 2 heterocycles. The third-order valence-corrected chi connectivity index (χ3v) is 7.09. The van der Waals surface area contributed by atoms with E-state index in [2.05, 4.69) is 113 Å². The minimum atomic E-state index is 0.564. The predicted molar refractivity (Wildman–Crippen MR) is 139 cm³/mol. The first-order chi connectivity index (χ1) is 16.8. The molecule has 0 unspecified atom stereocenters. The number of anilines is 3. The highest BCUT2D eigenvalue weighted by Crippen LogP contribution is 2.52. The number of benzene rings is 4. The highest BCUT2D eigenvalue weighted by atomic mass is 32.2. The molecule has 0 aliphatic carbocycles. The predicted octanol–water partition coefficient (Wildman–Crippen LogP) is 8.22. The van der Waals surface area contributed by atoms with Gasteiger partial charge in [-0.05, 0) is 48.0 Å². The first-order valence-corrected chi connectivity index (χ1v) is 11.9. The molecule has 0 saturated carbocycles. The number of para-hydroxylation sites is 3. The number of nitrogens with zero attached hydrogens (tertiary/aromatic N) is 3. The Morgan fingerprint density at radius 1 is 0.618 bits per heavy atom. The molecule has 5 aromatic rings. The molecule has 0 bridgehead atoms. The lowest BCUT2D eigenvalue weighted by atomic mass is 9.99. The quantitative estimate of drug-likeness (QED) is 0.271. The molecular weight excluding hydrogens is 434 g/mol. The van der Waals surface area contributed by atoms with E-state index in [4.69, 9.17) is 5.26 Å². The Hall–Kier alpha value is -4.33. The Balaban J connectivity index is 1.45. The first kappa shape index (κ1) is 20.3. The average molecular weight is 454 g/mol. The first-order valence-electron chi connectivity index (χ1n) is 11.0. The Morgan fingerprint density at radius 2 is 1.21 bits per heavy atom. The second-order valence-electron chi connectivity index (χ2n) is 8.01. The van der Waals surface area contributed by atoms with Crippen LogP contribution in [0.2, 0.25) is 0 Å². The molecule has 0 saturated heterocycles. The van der Waals surface area contributed by atoms with Crippen molar-refractivity contribution in [2.24, 2.45) is 0 Å². The van der Waals surface area contributed by atoms with Gasteiger partial charge in [0, 0.05) is 27.1 Å². The van der Waals surface area contributed by atoms with Crippen LogP contribution in [0.15, 0.2) is 125 Å². The van der Waals surface area contributed by atoms with Gasteiger partial charge in [0.2, 0.25) is 0 Å². The molecule has 0 fully saturated rings. The summed E-state index contributed by atoms with van der Waals surface area (Å²) in [5, 5.41) is 9.02. The second-order valence-corrected chi connectivity index (χ2v) is 9.10. The van der Waals surface area contributed by atoms with Gasteiger partial charge in [0.1, 0.15) is 6.07 Å². The van der Waals surface area contributed by atoms with Crippen molar-refractivity contribution in [2.45, 2.75) is 9.79 Å². The van der Waals surface area contributed by atoms with Crippen LogP contribution in [-0.4, -0.2) is 4.98 Å². The molecule has 0 amide bonds. The fraction of sp³-hybridized carbons (Fsp3) is 0. The van der Waals surface area contributed by atoms with Crippen molar-refractivity contribution in [1.82, 2.24) is 4.98 Å². The van der Waals surface area contributed by atoms with Crippen LogP contribution in [0.5, 0.6) is 0 Å². The zero-order valence-corrected chi connectivity index (χ0v) is 19.0. The van der Waals surface area contributed by atoms with Gasteiger partial charge in [0.25, 0.3) is 0 Å². The smallest absolute Gasteiger partial charge is 0.101 e. The van der Waals surface area contributed by atoms with E-state index in [1.807, 2.05) is 17.8 Å². The maximum atomic E-state index is 9.02. The van der Waals surface area contributed by atoms with E-state index >= 15 is 0 Å². The van der Waals surface area contributed by atoms with Gasteiger partial charge >= 0.3 is 0 Å². The van der Waals surface area contributed by atoms with Crippen molar-refractivity contribution in [3.63, 3.8) is 0 Å². The lowest BCUT2D eigenvalue weighted by Crippen LogP contribution is -2.15. The fourth-order valence-electron chi connectivity index (χ4n) is 4.33. The molecule has 0 N–H and O–H groups in total. The summed E-state index contributed by atoms with van der Waals surface area (Å²) in [5.74, 6) is 0. The molecule has 1 aromatic heterocycles. The lowest BCUT2D eigenvalue weighted by Gasteiger charge is -2.34.